The summed E-state index contributed by atoms with van der Waals surface area (Å²) in [6, 6.07) is -0.424. The van der Waals surface area contributed by atoms with Gasteiger partial charge in [-0.1, -0.05) is 0 Å². The van der Waals surface area contributed by atoms with E-state index in [1.807, 2.05) is 0 Å². The minimum Gasteiger partial charge on any atom is -0.443 e. The highest BCUT2D eigenvalue weighted by atomic mass is 16.6. The lowest BCUT2D eigenvalue weighted by atomic mass is 10.2. The van der Waals surface area contributed by atoms with Crippen LogP contribution in [0.2, 0.25) is 0 Å². The Labute approximate surface area is 77.8 Å². The van der Waals surface area contributed by atoms with Crippen LogP contribution >= 0.6 is 0 Å². The minimum absolute atomic E-state index is 0.424. The maximum absolute atomic E-state index is 11.0. The van der Waals surface area contributed by atoms with Gasteiger partial charge in [0.2, 0.25) is 0 Å². The number of ether oxygens (including phenoxy) is 1. The highest BCUT2D eigenvalue weighted by molar-refractivity contribution is 5.67. The van der Waals surface area contributed by atoms with E-state index in [4.69, 9.17) is 4.74 Å². The van der Waals surface area contributed by atoms with Crippen molar-refractivity contribution in [2.75, 3.05) is 0 Å². The first-order valence-electron chi connectivity index (χ1n) is 4.05. The molecule has 13 heavy (non-hydrogen) atoms. The fourth-order valence-corrected chi connectivity index (χ4v) is 0.510. The number of carbonyl (C=O) groups is 2. The second kappa shape index (κ2) is 4.81. The molecule has 0 aromatic rings. The number of nitrogens with one attached hydrogen (secondary N) is 2. The molecule has 0 aromatic heterocycles. The largest absolute Gasteiger partial charge is 0.443 e. The van der Waals surface area contributed by atoms with E-state index in [2.05, 4.69) is 10.9 Å². The predicted octanol–water partition coefficient (Wildman–Crippen LogP) is 0.603. The van der Waals surface area contributed by atoms with Crippen molar-refractivity contribution in [1.82, 2.24) is 10.9 Å². The van der Waals surface area contributed by atoms with Crippen LogP contribution in [-0.2, 0) is 9.53 Å². The molecule has 0 rings (SSSR count). The third kappa shape index (κ3) is 7.27. The summed E-state index contributed by atoms with van der Waals surface area (Å²) in [4.78, 5) is 21.1. The van der Waals surface area contributed by atoms with Gasteiger partial charge >= 0.3 is 6.09 Å². The maximum atomic E-state index is 11.0. The molecule has 0 aromatic carbocycles. The van der Waals surface area contributed by atoms with Gasteiger partial charge in [0.1, 0.15) is 11.9 Å². The molecule has 0 heterocycles. The van der Waals surface area contributed by atoms with Crippen molar-refractivity contribution >= 4 is 12.4 Å². The lowest BCUT2D eigenvalue weighted by Crippen LogP contribution is -2.45. The van der Waals surface area contributed by atoms with Crippen molar-refractivity contribution in [3.05, 3.63) is 0 Å². The van der Waals surface area contributed by atoms with Crippen molar-refractivity contribution in [2.45, 2.75) is 39.3 Å². The summed E-state index contributed by atoms with van der Waals surface area (Å²) in [7, 11) is 0. The standard InChI is InChI=1S/C8H16N2O3/c1-6(5-11)9-10-7(12)13-8(2,3)4/h5-6,9H,1-4H3,(H,10,12)/t6-/m0/s1. The summed E-state index contributed by atoms with van der Waals surface area (Å²) >= 11 is 0. The Morgan fingerprint density at radius 3 is 2.38 bits per heavy atom. The summed E-state index contributed by atoms with van der Waals surface area (Å²) in [5.41, 5.74) is 4.18. The second-order valence-electron chi connectivity index (χ2n) is 3.70. The summed E-state index contributed by atoms with van der Waals surface area (Å²) in [5, 5.41) is 0. The second-order valence-corrected chi connectivity index (χ2v) is 3.70. The first-order valence-corrected chi connectivity index (χ1v) is 4.05. The molecule has 0 saturated carbocycles. The number of hydrazine groups is 1. The maximum Gasteiger partial charge on any atom is 0.422 e. The molecule has 2 N–H and O–H groups in total. The quantitative estimate of drug-likeness (QED) is 0.503. The van der Waals surface area contributed by atoms with Crippen molar-refractivity contribution in [1.29, 1.82) is 0 Å². The average Bonchev–Trinajstić information content (AvgIpc) is 1.97. The van der Waals surface area contributed by atoms with Gasteiger partial charge in [-0.15, -0.1) is 0 Å². The molecule has 0 spiro atoms. The van der Waals surface area contributed by atoms with Gasteiger partial charge in [-0.3, -0.25) is 5.43 Å². The van der Waals surface area contributed by atoms with Crippen LogP contribution in [0.1, 0.15) is 27.7 Å². The molecular weight excluding hydrogens is 172 g/mol. The molecule has 5 nitrogen and oxygen atoms in total. The molecule has 0 fully saturated rings. The highest BCUT2D eigenvalue weighted by Gasteiger charge is 2.15. The van der Waals surface area contributed by atoms with E-state index in [1.54, 1.807) is 27.7 Å². The molecular formula is C8H16N2O3. The molecule has 0 aliphatic rings. The van der Waals surface area contributed by atoms with Crippen LogP contribution in [0.25, 0.3) is 0 Å². The Morgan fingerprint density at radius 1 is 1.46 bits per heavy atom. The number of amides is 1. The van der Waals surface area contributed by atoms with Gasteiger partial charge < -0.3 is 9.53 Å². The molecule has 0 aliphatic carbocycles. The zero-order chi connectivity index (χ0) is 10.5. The highest BCUT2D eigenvalue weighted by Crippen LogP contribution is 2.05. The number of carbonyl (C=O) groups excluding carboxylic acids is 2. The summed E-state index contributed by atoms with van der Waals surface area (Å²) in [6.45, 7) is 6.89. The molecule has 0 radical (unpaired) electrons. The molecule has 0 unspecified atom stereocenters. The van der Waals surface area contributed by atoms with E-state index >= 15 is 0 Å². The third-order valence-corrected chi connectivity index (χ3v) is 1.00. The first kappa shape index (κ1) is 11.9. The molecule has 1 atom stereocenters. The number of hydrogen-bond donors (Lipinski definition) is 2. The fourth-order valence-electron chi connectivity index (χ4n) is 0.510. The van der Waals surface area contributed by atoms with E-state index in [9.17, 15) is 9.59 Å². The van der Waals surface area contributed by atoms with Gasteiger partial charge in [-0.25, -0.2) is 10.2 Å². The van der Waals surface area contributed by atoms with Gasteiger partial charge in [-0.05, 0) is 27.7 Å². The van der Waals surface area contributed by atoms with Crippen LogP contribution in [0, 0.1) is 0 Å². The monoisotopic (exact) mass is 188 g/mol. The first-order chi connectivity index (χ1) is 5.85. The lowest BCUT2D eigenvalue weighted by molar-refractivity contribution is -0.109. The van der Waals surface area contributed by atoms with Crippen LogP contribution in [0.15, 0.2) is 0 Å². The predicted molar refractivity (Wildman–Crippen MR) is 48.0 cm³/mol. The van der Waals surface area contributed by atoms with Crippen LogP contribution in [0.4, 0.5) is 4.79 Å². The van der Waals surface area contributed by atoms with Crippen molar-refractivity contribution in [3.63, 3.8) is 0 Å². The van der Waals surface area contributed by atoms with Gasteiger partial charge in [0, 0.05) is 0 Å². The van der Waals surface area contributed by atoms with Crippen LogP contribution in [0.5, 0.6) is 0 Å². The van der Waals surface area contributed by atoms with Crippen LogP contribution < -0.4 is 10.9 Å². The SMILES string of the molecule is C[C@@H](C=O)NNC(=O)OC(C)(C)C. The Balaban J connectivity index is 3.70. The molecule has 1 amide bonds. The smallest absolute Gasteiger partial charge is 0.422 e. The topological polar surface area (TPSA) is 67.4 Å². The number of hydrogen-bond acceptors (Lipinski definition) is 4. The Hall–Kier alpha value is -1.10. The summed E-state index contributed by atoms with van der Waals surface area (Å²) in [6.07, 6.45) is 0.0818. The fraction of sp³-hybridized carbons (Fsp3) is 0.750. The van der Waals surface area contributed by atoms with Crippen LogP contribution in [-0.4, -0.2) is 24.0 Å². The Morgan fingerprint density at radius 2 is 2.00 bits per heavy atom. The normalized spacial score (nSPS) is 13.2. The zero-order valence-electron chi connectivity index (χ0n) is 8.38. The Kier molecular flexibility index (Phi) is 4.40. The number of aldehydes is 1. The van der Waals surface area contributed by atoms with Gasteiger partial charge in [0.05, 0.1) is 6.04 Å². The molecule has 0 aliphatic heterocycles. The zero-order valence-corrected chi connectivity index (χ0v) is 8.38. The van der Waals surface area contributed by atoms with Gasteiger partial charge in [0.25, 0.3) is 0 Å². The molecule has 0 saturated heterocycles. The average molecular weight is 188 g/mol. The van der Waals surface area contributed by atoms with E-state index in [0.717, 1.165) is 0 Å². The van der Waals surface area contributed by atoms with E-state index in [-0.39, 0.29) is 0 Å². The molecule has 0 bridgehead atoms. The van der Waals surface area contributed by atoms with Gasteiger partial charge in [0.15, 0.2) is 0 Å². The summed E-state index contributed by atoms with van der Waals surface area (Å²) < 4.78 is 4.90. The van der Waals surface area contributed by atoms with Gasteiger partial charge in [-0.2, -0.15) is 0 Å². The van der Waals surface area contributed by atoms with E-state index in [0.29, 0.717) is 6.29 Å². The Bertz CT molecular complexity index is 186. The number of rotatable bonds is 3. The van der Waals surface area contributed by atoms with Crippen molar-refractivity contribution in [2.24, 2.45) is 0 Å². The van der Waals surface area contributed by atoms with E-state index < -0.39 is 17.7 Å². The lowest BCUT2D eigenvalue weighted by Gasteiger charge is -2.20. The van der Waals surface area contributed by atoms with Crippen LogP contribution in [0.3, 0.4) is 0 Å². The molecule has 76 valence electrons. The van der Waals surface area contributed by atoms with Crippen molar-refractivity contribution < 1.29 is 14.3 Å². The molecule has 5 heteroatoms. The van der Waals surface area contributed by atoms with Crippen molar-refractivity contribution in [3.8, 4) is 0 Å². The minimum atomic E-state index is -0.596. The van der Waals surface area contributed by atoms with E-state index in [1.165, 1.54) is 0 Å². The summed E-state index contributed by atoms with van der Waals surface area (Å²) in [5.74, 6) is 0. The third-order valence-electron chi connectivity index (χ3n) is 1.00.